The van der Waals surface area contributed by atoms with Crippen molar-refractivity contribution in [2.75, 3.05) is 0 Å². The average Bonchev–Trinajstić information content (AvgIpc) is 3.22. The number of carbonyl (C=O) groups excluding carboxylic acids is 3. The Bertz CT molecular complexity index is 1090. The molecule has 4 rings (SSSR count). The molecule has 0 saturated carbocycles. The number of para-hydroxylation sites is 2. The average molecular weight is 405 g/mol. The highest BCUT2D eigenvalue weighted by atomic mass is 16.2. The first-order valence-corrected chi connectivity index (χ1v) is 9.86. The Morgan fingerprint density at radius 2 is 1.83 bits per heavy atom. The Morgan fingerprint density at radius 3 is 2.60 bits per heavy atom. The largest absolute Gasteiger partial charge is 0.349 e. The molecule has 2 heterocycles. The van der Waals surface area contributed by atoms with Gasteiger partial charge in [-0.2, -0.15) is 0 Å². The van der Waals surface area contributed by atoms with E-state index < -0.39 is 12.1 Å². The predicted octanol–water partition coefficient (Wildman–Crippen LogP) is 2.09. The molecule has 1 aliphatic heterocycles. The Hall–Kier alpha value is -3.68. The topological polar surface area (TPSA) is 96.3 Å². The maximum Gasteiger partial charge on any atom is 0.325 e. The Labute approximate surface area is 173 Å². The summed E-state index contributed by atoms with van der Waals surface area (Å²) in [5.74, 6) is 0.265. The number of fused-ring (bicyclic) bond motifs is 1. The SMILES string of the molecule is Cn1c(CNC(=O)CC[C@@H]2NC(=O)N(Cc3ccccc3)C2=O)nc2ccccc21. The van der Waals surface area contributed by atoms with Crippen molar-refractivity contribution >= 4 is 28.9 Å². The van der Waals surface area contributed by atoms with Gasteiger partial charge in [-0.15, -0.1) is 0 Å². The van der Waals surface area contributed by atoms with E-state index in [0.717, 1.165) is 22.4 Å². The van der Waals surface area contributed by atoms with Gasteiger partial charge < -0.3 is 15.2 Å². The number of nitrogens with one attached hydrogen (secondary N) is 2. The van der Waals surface area contributed by atoms with Crippen molar-refractivity contribution in [3.8, 4) is 0 Å². The fourth-order valence-electron chi connectivity index (χ4n) is 3.58. The molecule has 8 nitrogen and oxygen atoms in total. The van der Waals surface area contributed by atoms with Gasteiger partial charge in [0.2, 0.25) is 5.91 Å². The third kappa shape index (κ3) is 4.03. The second kappa shape index (κ2) is 8.36. The van der Waals surface area contributed by atoms with Crippen LogP contribution in [0.15, 0.2) is 54.6 Å². The minimum absolute atomic E-state index is 0.139. The van der Waals surface area contributed by atoms with Crippen LogP contribution < -0.4 is 10.6 Å². The highest BCUT2D eigenvalue weighted by Gasteiger charge is 2.37. The van der Waals surface area contributed by atoms with E-state index in [0.29, 0.717) is 6.54 Å². The van der Waals surface area contributed by atoms with Gasteiger partial charge in [-0.25, -0.2) is 9.78 Å². The monoisotopic (exact) mass is 405 g/mol. The lowest BCUT2D eigenvalue weighted by atomic mass is 10.1. The molecule has 0 unspecified atom stereocenters. The van der Waals surface area contributed by atoms with Gasteiger partial charge >= 0.3 is 6.03 Å². The number of aromatic nitrogens is 2. The van der Waals surface area contributed by atoms with Crippen molar-refractivity contribution in [2.45, 2.75) is 32.0 Å². The highest BCUT2D eigenvalue weighted by Crippen LogP contribution is 2.16. The van der Waals surface area contributed by atoms with Gasteiger partial charge in [0.15, 0.2) is 0 Å². The second-order valence-electron chi connectivity index (χ2n) is 7.30. The van der Waals surface area contributed by atoms with Crippen molar-refractivity contribution in [3.63, 3.8) is 0 Å². The van der Waals surface area contributed by atoms with Gasteiger partial charge in [0.05, 0.1) is 24.1 Å². The molecule has 1 atom stereocenters. The molecule has 8 heteroatoms. The normalized spacial score (nSPS) is 16.2. The molecule has 1 saturated heterocycles. The summed E-state index contributed by atoms with van der Waals surface area (Å²) < 4.78 is 1.94. The third-order valence-electron chi connectivity index (χ3n) is 5.27. The first-order valence-electron chi connectivity index (χ1n) is 9.86. The van der Waals surface area contributed by atoms with Gasteiger partial charge in [-0.1, -0.05) is 42.5 Å². The summed E-state index contributed by atoms with van der Waals surface area (Å²) in [6.45, 7) is 0.524. The zero-order valence-electron chi connectivity index (χ0n) is 16.7. The van der Waals surface area contributed by atoms with Crippen molar-refractivity contribution in [2.24, 2.45) is 7.05 Å². The number of amides is 4. The summed E-state index contributed by atoms with van der Waals surface area (Å²) in [4.78, 5) is 42.7. The van der Waals surface area contributed by atoms with E-state index in [1.54, 1.807) is 0 Å². The summed E-state index contributed by atoms with van der Waals surface area (Å²) >= 11 is 0. The first kappa shape index (κ1) is 19.6. The van der Waals surface area contributed by atoms with Crippen LogP contribution in [0.4, 0.5) is 4.79 Å². The molecular weight excluding hydrogens is 382 g/mol. The lowest BCUT2D eigenvalue weighted by Crippen LogP contribution is -2.32. The molecule has 0 bridgehead atoms. The van der Waals surface area contributed by atoms with E-state index in [1.807, 2.05) is 66.2 Å². The number of urea groups is 1. The molecule has 4 amide bonds. The van der Waals surface area contributed by atoms with Gasteiger partial charge in [-0.3, -0.25) is 14.5 Å². The molecule has 30 heavy (non-hydrogen) atoms. The fourth-order valence-corrected chi connectivity index (χ4v) is 3.58. The van der Waals surface area contributed by atoms with Crippen LogP contribution in [0.3, 0.4) is 0 Å². The smallest absolute Gasteiger partial charge is 0.325 e. The number of nitrogens with zero attached hydrogens (tertiary/aromatic N) is 3. The lowest BCUT2D eigenvalue weighted by molar-refractivity contribution is -0.128. The van der Waals surface area contributed by atoms with E-state index in [1.165, 1.54) is 4.90 Å². The number of benzene rings is 2. The minimum atomic E-state index is -0.678. The number of hydrogen-bond acceptors (Lipinski definition) is 4. The minimum Gasteiger partial charge on any atom is -0.349 e. The Morgan fingerprint density at radius 1 is 1.10 bits per heavy atom. The van der Waals surface area contributed by atoms with Crippen LogP contribution in [0, 0.1) is 0 Å². The molecule has 0 aliphatic carbocycles. The van der Waals surface area contributed by atoms with Crippen molar-refractivity contribution in [3.05, 3.63) is 66.0 Å². The number of imidazole rings is 1. The highest BCUT2D eigenvalue weighted by molar-refractivity contribution is 6.04. The second-order valence-corrected chi connectivity index (χ2v) is 7.30. The zero-order chi connectivity index (χ0) is 21.1. The standard InChI is InChI=1S/C22H23N5O3/c1-26-18-10-6-5-9-16(18)24-19(26)13-23-20(28)12-11-17-21(29)27(22(30)25-17)14-15-7-3-2-4-8-15/h2-10,17H,11-14H2,1H3,(H,23,28)(H,25,30)/t17-/m0/s1. The van der Waals surface area contributed by atoms with Crippen molar-refractivity contribution in [1.82, 2.24) is 25.1 Å². The first-order chi connectivity index (χ1) is 14.5. The van der Waals surface area contributed by atoms with E-state index in [9.17, 15) is 14.4 Å². The van der Waals surface area contributed by atoms with Crippen LogP contribution >= 0.6 is 0 Å². The van der Waals surface area contributed by atoms with Crippen molar-refractivity contribution < 1.29 is 14.4 Å². The van der Waals surface area contributed by atoms with Gasteiger partial charge in [-0.05, 0) is 24.1 Å². The molecule has 1 aromatic heterocycles. The number of imide groups is 1. The van der Waals surface area contributed by atoms with Crippen molar-refractivity contribution in [1.29, 1.82) is 0 Å². The van der Waals surface area contributed by atoms with E-state index >= 15 is 0 Å². The Kier molecular flexibility index (Phi) is 5.47. The van der Waals surface area contributed by atoms with Crippen LogP contribution in [0.1, 0.15) is 24.2 Å². The molecule has 2 aromatic carbocycles. The maximum absolute atomic E-state index is 12.6. The number of aryl methyl sites for hydroxylation is 1. The molecular formula is C22H23N5O3. The molecule has 3 aromatic rings. The van der Waals surface area contributed by atoms with Crippen LogP contribution in [-0.2, 0) is 29.7 Å². The van der Waals surface area contributed by atoms with Gasteiger partial charge in [0, 0.05) is 13.5 Å². The summed E-state index contributed by atoms with van der Waals surface area (Å²) in [5.41, 5.74) is 2.75. The molecule has 154 valence electrons. The summed E-state index contributed by atoms with van der Waals surface area (Å²) in [7, 11) is 1.91. The maximum atomic E-state index is 12.6. The predicted molar refractivity (Wildman–Crippen MR) is 111 cm³/mol. The number of hydrogen-bond donors (Lipinski definition) is 2. The van der Waals surface area contributed by atoms with Crippen LogP contribution in [0.25, 0.3) is 11.0 Å². The van der Waals surface area contributed by atoms with Crippen LogP contribution in [-0.4, -0.2) is 38.3 Å². The number of rotatable bonds is 7. The molecule has 2 N–H and O–H groups in total. The van der Waals surface area contributed by atoms with Crippen LogP contribution in [0.5, 0.6) is 0 Å². The van der Waals surface area contributed by atoms with E-state index in [4.69, 9.17) is 0 Å². The number of carbonyl (C=O) groups is 3. The lowest BCUT2D eigenvalue weighted by Gasteiger charge is -2.13. The summed E-state index contributed by atoms with van der Waals surface area (Å²) in [6.07, 6.45) is 0.393. The van der Waals surface area contributed by atoms with E-state index in [2.05, 4.69) is 15.6 Å². The summed E-state index contributed by atoms with van der Waals surface area (Å²) in [5, 5.41) is 5.51. The zero-order valence-corrected chi connectivity index (χ0v) is 16.7. The van der Waals surface area contributed by atoms with Crippen LogP contribution in [0.2, 0.25) is 0 Å². The van der Waals surface area contributed by atoms with E-state index in [-0.39, 0.29) is 31.2 Å². The van der Waals surface area contributed by atoms with Gasteiger partial charge in [0.25, 0.3) is 5.91 Å². The molecule has 0 radical (unpaired) electrons. The molecule has 1 fully saturated rings. The molecule has 1 aliphatic rings. The van der Waals surface area contributed by atoms with Gasteiger partial charge in [0.1, 0.15) is 11.9 Å². The Balaban J connectivity index is 1.29. The summed E-state index contributed by atoms with van der Waals surface area (Å²) in [6, 6.07) is 16.0. The fraction of sp³-hybridized carbons (Fsp3) is 0.273. The third-order valence-corrected chi connectivity index (χ3v) is 5.27. The molecule has 0 spiro atoms. The quantitative estimate of drug-likeness (QED) is 0.589.